The molecule has 0 bridgehead atoms. The van der Waals surface area contributed by atoms with Gasteiger partial charge in [0, 0.05) is 6.42 Å². The Bertz CT molecular complexity index is 2350. The maximum atomic E-state index is 13.3. The van der Waals surface area contributed by atoms with Gasteiger partial charge in [-0.15, -0.1) is 0 Å². The standard InChI is InChI=1S/C54H62O9SSi/c1-54(2,3)65(47-31-19-9-20-32-47,48-33-21-10-22-34-48)61-40-46(63-64(4,55)56)35-49-51(58-37-43-25-13-6-14-26-43)53(60-39-45-29-17-8-18-30-45)52(59-38-44-27-15-7-16-28-44)50(62-49)41-57-36-42-23-11-5-12-24-42/h5-34,46,49-53H,35-41H2,1-4H3/t46-,49-,50+,51-,52-,53+/m0/s1. The van der Waals surface area contributed by atoms with E-state index in [9.17, 15) is 8.42 Å². The molecule has 0 saturated carbocycles. The van der Waals surface area contributed by atoms with Crippen molar-refractivity contribution in [2.45, 2.75) is 95.3 Å². The summed E-state index contributed by atoms with van der Waals surface area (Å²) in [6, 6.07) is 60.4. The second kappa shape index (κ2) is 23.1. The molecule has 0 aliphatic carbocycles. The van der Waals surface area contributed by atoms with Gasteiger partial charge in [0.15, 0.2) is 0 Å². The van der Waals surface area contributed by atoms with Crippen LogP contribution in [0.25, 0.3) is 0 Å². The first-order chi connectivity index (χ1) is 31.5. The molecule has 1 fully saturated rings. The first kappa shape index (κ1) is 48.1. The minimum atomic E-state index is -3.99. The molecule has 7 rings (SSSR count). The molecule has 0 N–H and O–H groups in total. The quantitative estimate of drug-likeness (QED) is 0.0488. The molecule has 0 spiro atoms. The second-order valence-corrected chi connectivity index (χ2v) is 23.5. The van der Waals surface area contributed by atoms with E-state index in [0.29, 0.717) is 6.61 Å². The highest BCUT2D eigenvalue weighted by atomic mass is 32.2. The van der Waals surface area contributed by atoms with Crippen LogP contribution < -0.4 is 10.4 Å². The van der Waals surface area contributed by atoms with Crippen LogP contribution >= 0.6 is 0 Å². The van der Waals surface area contributed by atoms with E-state index in [1.54, 1.807) is 0 Å². The van der Waals surface area contributed by atoms with Crippen LogP contribution in [0, 0.1) is 0 Å². The highest BCUT2D eigenvalue weighted by molar-refractivity contribution is 7.86. The first-order valence-electron chi connectivity index (χ1n) is 22.4. The Balaban J connectivity index is 1.28. The van der Waals surface area contributed by atoms with Gasteiger partial charge in [0.05, 0.1) is 52.0 Å². The minimum Gasteiger partial charge on any atom is -0.405 e. The lowest BCUT2D eigenvalue weighted by molar-refractivity contribution is -0.276. The molecule has 1 aliphatic heterocycles. The van der Waals surface area contributed by atoms with E-state index in [1.165, 1.54) is 0 Å². The summed E-state index contributed by atoms with van der Waals surface area (Å²) in [6.07, 6.45) is -3.30. The number of rotatable bonds is 22. The van der Waals surface area contributed by atoms with Crippen molar-refractivity contribution in [3.8, 4) is 0 Å². The zero-order valence-electron chi connectivity index (χ0n) is 37.8. The van der Waals surface area contributed by atoms with E-state index in [4.69, 9.17) is 32.3 Å². The Morgan fingerprint density at radius 3 is 1.29 bits per heavy atom. The van der Waals surface area contributed by atoms with Crippen molar-refractivity contribution < 1.29 is 40.7 Å². The third-order valence-electron chi connectivity index (χ3n) is 11.7. The average molecular weight is 915 g/mol. The Labute approximate surface area is 386 Å². The zero-order valence-corrected chi connectivity index (χ0v) is 39.6. The van der Waals surface area contributed by atoms with E-state index in [1.807, 2.05) is 158 Å². The molecule has 1 heterocycles. The molecule has 11 heteroatoms. The Hall–Kier alpha value is -4.79. The van der Waals surface area contributed by atoms with Crippen molar-refractivity contribution in [1.29, 1.82) is 0 Å². The van der Waals surface area contributed by atoms with Gasteiger partial charge in [0.25, 0.3) is 18.4 Å². The Morgan fingerprint density at radius 1 is 0.523 bits per heavy atom. The van der Waals surface area contributed by atoms with Crippen LogP contribution in [0.15, 0.2) is 182 Å². The molecule has 9 nitrogen and oxygen atoms in total. The predicted molar refractivity (Wildman–Crippen MR) is 258 cm³/mol. The van der Waals surface area contributed by atoms with E-state index in [2.05, 4.69) is 45.0 Å². The summed E-state index contributed by atoms with van der Waals surface area (Å²) in [5, 5.41) is 1.77. The number of hydrogen-bond donors (Lipinski definition) is 0. The SMILES string of the molecule is CC(C)(C)[Si](OC[C@H](C[C@@H]1O[C@H](COCc2ccccc2)[C@H](OCc2ccccc2)[C@H](OCc2ccccc2)[C@H]1OCc1ccccc1)OS(C)(=O)=O)(c1ccccc1)c1ccccc1. The molecule has 0 amide bonds. The molecule has 0 unspecified atom stereocenters. The van der Waals surface area contributed by atoms with Gasteiger partial charge in [-0.3, -0.25) is 4.18 Å². The third-order valence-corrected chi connectivity index (χ3v) is 17.3. The second-order valence-electron chi connectivity index (χ2n) is 17.6. The highest BCUT2D eigenvalue weighted by Gasteiger charge is 2.52. The third kappa shape index (κ3) is 13.4. The van der Waals surface area contributed by atoms with Crippen LogP contribution in [0.4, 0.5) is 0 Å². The largest absolute Gasteiger partial charge is 0.405 e. The smallest absolute Gasteiger partial charge is 0.264 e. The van der Waals surface area contributed by atoms with Gasteiger partial charge in [-0.2, -0.15) is 8.42 Å². The van der Waals surface area contributed by atoms with E-state index in [-0.39, 0.29) is 44.5 Å². The van der Waals surface area contributed by atoms with Crippen LogP contribution in [0.1, 0.15) is 49.4 Å². The van der Waals surface area contributed by atoms with E-state index >= 15 is 0 Å². The van der Waals surface area contributed by atoms with E-state index in [0.717, 1.165) is 38.9 Å². The lowest BCUT2D eigenvalue weighted by Crippen LogP contribution is -2.67. The van der Waals surface area contributed by atoms with Crippen molar-refractivity contribution in [1.82, 2.24) is 0 Å². The summed E-state index contributed by atoms with van der Waals surface area (Å²) < 4.78 is 74.3. The van der Waals surface area contributed by atoms with Crippen LogP contribution in [-0.4, -0.2) is 72.8 Å². The molecule has 6 atom stereocenters. The fourth-order valence-electron chi connectivity index (χ4n) is 8.70. The zero-order chi connectivity index (χ0) is 45.5. The van der Waals surface area contributed by atoms with E-state index < -0.39 is 55.1 Å². The van der Waals surface area contributed by atoms with Crippen LogP contribution in [-0.2, 0) is 68.8 Å². The molecule has 0 aromatic heterocycles. The summed E-state index contributed by atoms with van der Waals surface area (Å²) in [4.78, 5) is 0. The fraction of sp³-hybridized carbons (Fsp3) is 0.333. The molecular formula is C54H62O9SSi. The Morgan fingerprint density at radius 2 is 0.892 bits per heavy atom. The van der Waals surface area contributed by atoms with Crippen molar-refractivity contribution in [2.24, 2.45) is 0 Å². The summed E-state index contributed by atoms with van der Waals surface area (Å²) in [7, 11) is -7.11. The van der Waals surface area contributed by atoms with Gasteiger partial charge in [0.2, 0.25) is 0 Å². The molecule has 6 aromatic rings. The maximum Gasteiger partial charge on any atom is 0.264 e. The molecule has 65 heavy (non-hydrogen) atoms. The molecule has 0 radical (unpaired) electrons. The van der Waals surface area contributed by atoms with Gasteiger partial charge in [-0.25, -0.2) is 0 Å². The van der Waals surface area contributed by atoms with Gasteiger partial charge in [-0.1, -0.05) is 203 Å². The highest BCUT2D eigenvalue weighted by Crippen LogP contribution is 2.38. The average Bonchev–Trinajstić information content (AvgIpc) is 3.31. The van der Waals surface area contributed by atoms with Crippen LogP contribution in [0.5, 0.6) is 0 Å². The molecule has 6 aromatic carbocycles. The summed E-state index contributed by atoms with van der Waals surface area (Å²) in [5.74, 6) is 0. The molecule has 342 valence electrons. The van der Waals surface area contributed by atoms with Crippen LogP contribution in [0.3, 0.4) is 0 Å². The summed E-state index contributed by atoms with van der Waals surface area (Å²) in [6.45, 7) is 7.85. The molecule has 1 saturated heterocycles. The lowest BCUT2D eigenvalue weighted by atomic mass is 9.91. The number of ether oxygens (including phenoxy) is 5. The van der Waals surface area contributed by atoms with Gasteiger partial charge >= 0.3 is 0 Å². The van der Waals surface area contributed by atoms with Gasteiger partial charge in [-0.05, 0) is 37.7 Å². The molecular weight excluding hydrogens is 853 g/mol. The first-order valence-corrected chi connectivity index (χ1v) is 26.1. The van der Waals surface area contributed by atoms with Crippen molar-refractivity contribution in [2.75, 3.05) is 19.5 Å². The minimum absolute atomic E-state index is 0.0374. The van der Waals surface area contributed by atoms with Crippen molar-refractivity contribution >= 4 is 28.8 Å². The van der Waals surface area contributed by atoms with Crippen molar-refractivity contribution in [3.63, 3.8) is 0 Å². The molecule has 1 aliphatic rings. The monoisotopic (exact) mass is 914 g/mol. The van der Waals surface area contributed by atoms with Gasteiger partial charge < -0.3 is 28.1 Å². The van der Waals surface area contributed by atoms with Crippen LogP contribution in [0.2, 0.25) is 5.04 Å². The number of benzene rings is 6. The van der Waals surface area contributed by atoms with Gasteiger partial charge in [0.1, 0.15) is 30.5 Å². The lowest BCUT2D eigenvalue weighted by Gasteiger charge is -2.47. The summed E-state index contributed by atoms with van der Waals surface area (Å²) >= 11 is 0. The predicted octanol–water partition coefficient (Wildman–Crippen LogP) is 9.04. The Kier molecular flexibility index (Phi) is 17.1. The maximum absolute atomic E-state index is 13.3. The normalized spacial score (nSPS) is 19.7. The summed E-state index contributed by atoms with van der Waals surface area (Å²) in [5.41, 5.74) is 3.95. The van der Waals surface area contributed by atoms with Crippen molar-refractivity contribution in [3.05, 3.63) is 204 Å². The number of hydrogen-bond acceptors (Lipinski definition) is 9. The fourth-order valence-corrected chi connectivity index (χ4v) is 13.9. The topological polar surface area (TPSA) is 98.8 Å².